The number of thioether (sulfide) groups is 1. The number of nitrogens with zero attached hydrogens (tertiary/aromatic N) is 2. The van der Waals surface area contributed by atoms with Gasteiger partial charge in [0.15, 0.2) is 0 Å². The van der Waals surface area contributed by atoms with Crippen molar-refractivity contribution < 1.29 is 24.2 Å². The molecule has 0 radical (unpaired) electrons. The molecule has 3 aliphatic heterocycles. The van der Waals surface area contributed by atoms with Crippen LogP contribution >= 0.6 is 27.7 Å². The smallest absolute Gasteiger partial charge is 0.310 e. The van der Waals surface area contributed by atoms with Crippen LogP contribution < -0.4 is 0 Å². The molecule has 4 aliphatic rings. The van der Waals surface area contributed by atoms with E-state index in [0.717, 1.165) is 32.1 Å². The molecule has 2 amide bonds. The highest BCUT2D eigenvalue weighted by Gasteiger charge is 2.77. The predicted octanol–water partition coefficient (Wildman–Crippen LogP) is 3.77. The van der Waals surface area contributed by atoms with Gasteiger partial charge in [0.2, 0.25) is 11.8 Å². The van der Waals surface area contributed by atoms with Crippen molar-refractivity contribution in [1.29, 1.82) is 0 Å². The van der Waals surface area contributed by atoms with E-state index < -0.39 is 28.7 Å². The Labute approximate surface area is 227 Å². The van der Waals surface area contributed by atoms with Crippen LogP contribution in [0.1, 0.15) is 65.7 Å². The number of carbonyl (C=O) groups is 3. The molecule has 0 aromatic carbocycles. The quantitative estimate of drug-likeness (QED) is 0.239. The zero-order valence-corrected chi connectivity index (χ0v) is 24.1. The topological polar surface area (TPSA) is 87.2 Å². The van der Waals surface area contributed by atoms with Crippen LogP contribution in [-0.2, 0) is 19.1 Å². The van der Waals surface area contributed by atoms with E-state index in [0.29, 0.717) is 13.0 Å². The van der Waals surface area contributed by atoms with Crippen molar-refractivity contribution in [3.63, 3.8) is 0 Å². The van der Waals surface area contributed by atoms with E-state index in [9.17, 15) is 19.5 Å². The molecule has 7 nitrogen and oxygen atoms in total. The maximum atomic E-state index is 14.6. The summed E-state index contributed by atoms with van der Waals surface area (Å²) < 4.78 is 4.72. The van der Waals surface area contributed by atoms with Crippen molar-refractivity contribution >= 4 is 45.5 Å². The second kappa shape index (κ2) is 11.4. The van der Waals surface area contributed by atoms with Gasteiger partial charge in [0.25, 0.3) is 0 Å². The summed E-state index contributed by atoms with van der Waals surface area (Å²) >= 11 is 5.42. The van der Waals surface area contributed by atoms with Crippen LogP contribution in [0.4, 0.5) is 0 Å². The Bertz CT molecular complexity index is 867. The second-order valence-corrected chi connectivity index (χ2v) is 13.6. The molecule has 0 aromatic heterocycles. The highest BCUT2D eigenvalue weighted by Crippen LogP contribution is 2.68. The lowest BCUT2D eigenvalue weighted by Gasteiger charge is -2.43. The van der Waals surface area contributed by atoms with Gasteiger partial charge in [0.1, 0.15) is 6.04 Å². The number of fused-ring (bicyclic) bond motifs is 1. The number of esters is 1. The van der Waals surface area contributed by atoms with Gasteiger partial charge in [0, 0.05) is 22.7 Å². The largest absolute Gasteiger partial charge is 0.466 e. The molecule has 4 fully saturated rings. The Hall–Kier alpha value is -1.06. The minimum Gasteiger partial charge on any atom is -0.466 e. The number of alkyl halides is 1. The maximum Gasteiger partial charge on any atom is 0.310 e. The molecule has 1 saturated carbocycles. The number of likely N-dealkylation sites (tertiary alicyclic amines) is 1. The number of halogens is 1. The summed E-state index contributed by atoms with van der Waals surface area (Å²) in [5.41, 5.74) is 0. The molecule has 1 aliphatic carbocycles. The third kappa shape index (κ3) is 4.45. The Morgan fingerprint density at radius 3 is 2.61 bits per heavy atom. The van der Waals surface area contributed by atoms with Gasteiger partial charge >= 0.3 is 5.97 Å². The van der Waals surface area contributed by atoms with Gasteiger partial charge in [0.05, 0.1) is 35.8 Å². The number of hydrogen-bond acceptors (Lipinski definition) is 6. The van der Waals surface area contributed by atoms with Gasteiger partial charge in [-0.1, -0.05) is 61.5 Å². The summed E-state index contributed by atoms with van der Waals surface area (Å²) in [5, 5.41) is 10.4. The fraction of sp³-hybridized carbons (Fsp3) is 0.815. The van der Waals surface area contributed by atoms with E-state index in [4.69, 9.17) is 4.74 Å². The first-order valence-electron chi connectivity index (χ1n) is 13.6. The molecule has 1 spiro atoms. The summed E-state index contributed by atoms with van der Waals surface area (Å²) in [6.07, 6.45) is 8.43. The number of carbonyl (C=O) groups excluding carboxylic acids is 3. The number of hydrogen-bond donors (Lipinski definition) is 1. The number of amides is 2. The van der Waals surface area contributed by atoms with E-state index >= 15 is 0 Å². The standard InChI is InChI=1S/C27H41BrN2O5S/c1-5-13-29(17-11-9-8-10-12-17)25(33)23-27-14-18(28)22(36-27)20(26(34)35-7-3)21(27)24(32)30(23)19(15-31)16(4)6-2/h5,16-23,31H,1,6-15H2,2-4H3/t16-,18?,19-,20+,21-,22+,23?,27?/m0/s1. The number of rotatable bonds is 10. The molecule has 3 unspecified atom stereocenters. The Morgan fingerprint density at radius 1 is 1.33 bits per heavy atom. The third-order valence-corrected chi connectivity index (χ3v) is 12.2. The van der Waals surface area contributed by atoms with E-state index in [1.54, 1.807) is 29.7 Å². The molecule has 8 atom stereocenters. The molecule has 3 saturated heterocycles. The maximum absolute atomic E-state index is 14.6. The van der Waals surface area contributed by atoms with Crippen molar-refractivity contribution in [2.45, 2.75) is 98.7 Å². The zero-order valence-electron chi connectivity index (χ0n) is 21.7. The van der Waals surface area contributed by atoms with Crippen LogP contribution in [0.25, 0.3) is 0 Å². The summed E-state index contributed by atoms with van der Waals surface area (Å²) in [5.74, 6) is -1.80. The minimum atomic E-state index is -0.725. The molecule has 9 heteroatoms. The third-order valence-electron chi connectivity index (χ3n) is 8.99. The van der Waals surface area contributed by atoms with Gasteiger partial charge in [-0.25, -0.2) is 0 Å². The van der Waals surface area contributed by atoms with Crippen LogP contribution in [0.2, 0.25) is 0 Å². The number of ether oxygens (including phenoxy) is 1. The highest BCUT2D eigenvalue weighted by molar-refractivity contribution is 9.09. The van der Waals surface area contributed by atoms with E-state index in [1.165, 1.54) is 6.42 Å². The van der Waals surface area contributed by atoms with Gasteiger partial charge in [-0.3, -0.25) is 14.4 Å². The fourth-order valence-corrected chi connectivity index (χ4v) is 10.7. The molecule has 2 bridgehead atoms. The van der Waals surface area contributed by atoms with Crippen LogP contribution in [0.5, 0.6) is 0 Å². The van der Waals surface area contributed by atoms with Gasteiger partial charge in [-0.05, 0) is 32.1 Å². The predicted molar refractivity (Wildman–Crippen MR) is 145 cm³/mol. The summed E-state index contributed by atoms with van der Waals surface area (Å²) in [4.78, 5) is 45.7. The second-order valence-electron chi connectivity index (χ2n) is 10.9. The Kier molecular flexibility index (Phi) is 8.82. The number of aliphatic hydroxyl groups is 1. The normalized spacial score (nSPS) is 35.4. The van der Waals surface area contributed by atoms with Crippen molar-refractivity contribution in [3.8, 4) is 0 Å². The summed E-state index contributed by atoms with van der Waals surface area (Å²) in [7, 11) is 0. The van der Waals surface area contributed by atoms with E-state index in [1.807, 2.05) is 18.7 Å². The van der Waals surface area contributed by atoms with Crippen LogP contribution in [0.15, 0.2) is 12.7 Å². The van der Waals surface area contributed by atoms with Crippen LogP contribution in [0.3, 0.4) is 0 Å². The average molecular weight is 586 g/mol. The van der Waals surface area contributed by atoms with Crippen LogP contribution in [-0.4, -0.2) is 85.4 Å². The summed E-state index contributed by atoms with van der Waals surface area (Å²) in [6, 6.07) is -1.08. The SMILES string of the molecule is C=CCN(C(=O)C1N([C@@H](CO)[C@@H](C)CC)C(=O)[C@@H]2[C@@H](C(=O)OCC)[C@@H]3SC12CC3Br)C1CCCCC1. The van der Waals surface area contributed by atoms with E-state index in [-0.39, 0.29) is 53.0 Å². The zero-order chi connectivity index (χ0) is 26.2. The van der Waals surface area contributed by atoms with E-state index in [2.05, 4.69) is 22.5 Å². The molecule has 1 N–H and O–H groups in total. The molecule has 0 aromatic rings. The van der Waals surface area contributed by atoms with Gasteiger partial charge in [-0.15, -0.1) is 18.3 Å². The first kappa shape index (κ1) is 28.0. The highest BCUT2D eigenvalue weighted by atomic mass is 79.9. The molecule has 4 rings (SSSR count). The van der Waals surface area contributed by atoms with Gasteiger partial charge in [-0.2, -0.15) is 0 Å². The minimum absolute atomic E-state index is 0.00918. The lowest BCUT2D eigenvalue weighted by molar-refractivity contribution is -0.154. The lowest BCUT2D eigenvalue weighted by atomic mass is 9.71. The molecular weight excluding hydrogens is 544 g/mol. The van der Waals surface area contributed by atoms with Crippen molar-refractivity contribution in [1.82, 2.24) is 9.80 Å². The molecule has 202 valence electrons. The fourth-order valence-electron chi connectivity index (χ4n) is 7.13. The van der Waals surface area contributed by atoms with Crippen molar-refractivity contribution in [2.24, 2.45) is 17.8 Å². The number of aliphatic hydroxyl groups excluding tert-OH is 1. The first-order valence-corrected chi connectivity index (χ1v) is 15.4. The average Bonchev–Trinajstić information content (AvgIpc) is 3.47. The monoisotopic (exact) mass is 584 g/mol. The van der Waals surface area contributed by atoms with Crippen molar-refractivity contribution in [3.05, 3.63) is 12.7 Å². The first-order chi connectivity index (χ1) is 17.3. The Balaban J connectivity index is 1.81. The van der Waals surface area contributed by atoms with Crippen molar-refractivity contribution in [2.75, 3.05) is 19.8 Å². The molecule has 3 heterocycles. The molecule has 36 heavy (non-hydrogen) atoms. The summed E-state index contributed by atoms with van der Waals surface area (Å²) in [6.45, 7) is 10.2. The van der Waals surface area contributed by atoms with Gasteiger partial charge < -0.3 is 19.6 Å². The van der Waals surface area contributed by atoms with Crippen LogP contribution in [0, 0.1) is 17.8 Å². The molecular formula is C27H41BrN2O5S. The lowest BCUT2D eigenvalue weighted by Crippen LogP contribution is -2.60. The Morgan fingerprint density at radius 2 is 2.03 bits per heavy atom.